The molecule has 1 heterocycles. The lowest BCUT2D eigenvalue weighted by atomic mass is 10.0. The molecule has 4 nitrogen and oxygen atoms in total. The van der Waals surface area contributed by atoms with Crippen LogP contribution in [0.15, 0.2) is 30.6 Å². The molecule has 118 valence electrons. The highest BCUT2D eigenvalue weighted by atomic mass is 19.4. The van der Waals surface area contributed by atoms with Crippen LogP contribution in [0, 0.1) is 0 Å². The van der Waals surface area contributed by atoms with Gasteiger partial charge in [0.25, 0.3) is 0 Å². The van der Waals surface area contributed by atoms with Crippen molar-refractivity contribution in [2.45, 2.75) is 26.1 Å². The number of hydrogen-bond donors (Lipinski definition) is 1. The Hall–Kier alpha value is -2.15. The summed E-state index contributed by atoms with van der Waals surface area (Å²) < 4.78 is 45.0. The maximum atomic E-state index is 13.2. The van der Waals surface area contributed by atoms with Crippen LogP contribution in [0.5, 0.6) is 5.75 Å². The largest absolute Gasteiger partial charge is 0.494 e. The van der Waals surface area contributed by atoms with Crippen molar-refractivity contribution >= 4 is 0 Å². The van der Waals surface area contributed by atoms with E-state index in [9.17, 15) is 13.2 Å². The third-order valence-corrected chi connectivity index (χ3v) is 2.91. The Balaban J connectivity index is 2.44. The number of benzene rings is 1. The Kier molecular flexibility index (Phi) is 4.97. The van der Waals surface area contributed by atoms with Crippen molar-refractivity contribution in [1.82, 2.24) is 9.97 Å². The van der Waals surface area contributed by atoms with Crippen LogP contribution in [0.1, 0.15) is 24.6 Å². The summed E-state index contributed by atoms with van der Waals surface area (Å²) in [5.41, 5.74) is -0.521. The average molecular weight is 312 g/mol. The van der Waals surface area contributed by atoms with E-state index in [4.69, 9.17) is 9.84 Å². The van der Waals surface area contributed by atoms with Gasteiger partial charge in [-0.1, -0.05) is 6.92 Å². The Morgan fingerprint density at radius 2 is 1.95 bits per heavy atom. The van der Waals surface area contributed by atoms with Gasteiger partial charge in [-0.2, -0.15) is 13.2 Å². The highest BCUT2D eigenvalue weighted by molar-refractivity contribution is 5.65. The first-order valence-electron chi connectivity index (χ1n) is 6.72. The zero-order valence-electron chi connectivity index (χ0n) is 11.9. The molecule has 22 heavy (non-hydrogen) atoms. The minimum absolute atomic E-state index is 0.0756. The molecule has 1 N–H and O–H groups in total. The molecule has 1 aromatic heterocycles. The summed E-state index contributed by atoms with van der Waals surface area (Å²) in [7, 11) is 0. The van der Waals surface area contributed by atoms with Gasteiger partial charge in [-0.05, 0) is 24.6 Å². The van der Waals surface area contributed by atoms with E-state index in [0.29, 0.717) is 18.7 Å². The lowest BCUT2D eigenvalue weighted by Crippen LogP contribution is -2.09. The number of halogens is 3. The standard InChI is InChI=1S/C15H15F3N2O2/c1-2-5-22-11-3-4-12(13(6-11)15(16,17)18)14-8-19-10(9-21)7-20-14/h3-4,6-8,21H,2,5,9H2,1H3. The lowest BCUT2D eigenvalue weighted by molar-refractivity contribution is -0.137. The Morgan fingerprint density at radius 3 is 2.50 bits per heavy atom. The maximum Gasteiger partial charge on any atom is 0.417 e. The monoisotopic (exact) mass is 312 g/mol. The summed E-state index contributed by atoms with van der Waals surface area (Å²) in [5, 5.41) is 8.90. The van der Waals surface area contributed by atoms with Gasteiger partial charge >= 0.3 is 6.18 Å². The van der Waals surface area contributed by atoms with E-state index in [1.165, 1.54) is 24.5 Å². The number of rotatable bonds is 5. The SMILES string of the molecule is CCCOc1ccc(-c2cnc(CO)cn2)c(C(F)(F)F)c1. The van der Waals surface area contributed by atoms with Gasteiger partial charge in [0.15, 0.2) is 0 Å². The van der Waals surface area contributed by atoms with Crippen LogP contribution in [-0.4, -0.2) is 21.7 Å². The van der Waals surface area contributed by atoms with Crippen molar-refractivity contribution in [3.63, 3.8) is 0 Å². The molecule has 7 heteroatoms. The van der Waals surface area contributed by atoms with Crippen molar-refractivity contribution in [1.29, 1.82) is 0 Å². The Bertz CT molecular complexity index is 628. The van der Waals surface area contributed by atoms with Crippen LogP contribution >= 0.6 is 0 Å². The van der Waals surface area contributed by atoms with E-state index in [1.54, 1.807) is 0 Å². The summed E-state index contributed by atoms with van der Waals surface area (Å²) in [6, 6.07) is 3.75. The van der Waals surface area contributed by atoms with E-state index in [-0.39, 0.29) is 23.6 Å². The van der Waals surface area contributed by atoms with Gasteiger partial charge in [0.2, 0.25) is 0 Å². The lowest BCUT2D eigenvalue weighted by Gasteiger charge is -2.14. The zero-order chi connectivity index (χ0) is 16.2. The predicted octanol–water partition coefficient (Wildman–Crippen LogP) is 3.44. The third-order valence-electron chi connectivity index (χ3n) is 2.91. The topological polar surface area (TPSA) is 55.2 Å². The van der Waals surface area contributed by atoms with Crippen LogP contribution in [0.25, 0.3) is 11.3 Å². The molecule has 0 spiro atoms. The maximum absolute atomic E-state index is 13.2. The number of ether oxygens (including phenoxy) is 1. The minimum atomic E-state index is -4.53. The Morgan fingerprint density at radius 1 is 1.18 bits per heavy atom. The number of alkyl halides is 3. The molecule has 0 radical (unpaired) electrons. The third kappa shape index (κ3) is 3.73. The van der Waals surface area contributed by atoms with Crippen LogP contribution in [0.2, 0.25) is 0 Å². The summed E-state index contributed by atoms with van der Waals surface area (Å²) in [5.74, 6) is 0.165. The van der Waals surface area contributed by atoms with Crippen LogP contribution in [-0.2, 0) is 12.8 Å². The van der Waals surface area contributed by atoms with Crippen LogP contribution in [0.4, 0.5) is 13.2 Å². The van der Waals surface area contributed by atoms with E-state index in [2.05, 4.69) is 9.97 Å². The van der Waals surface area contributed by atoms with Gasteiger partial charge < -0.3 is 9.84 Å². The Labute approximate surface area is 125 Å². The van der Waals surface area contributed by atoms with E-state index in [1.807, 2.05) is 6.92 Å². The molecule has 0 aliphatic carbocycles. The molecule has 0 fully saturated rings. The van der Waals surface area contributed by atoms with Crippen LogP contribution in [0.3, 0.4) is 0 Å². The second-order valence-electron chi connectivity index (χ2n) is 4.60. The molecular formula is C15H15F3N2O2. The molecule has 2 rings (SSSR count). The van der Waals surface area contributed by atoms with Gasteiger partial charge in [-0.3, -0.25) is 9.97 Å². The fraction of sp³-hybridized carbons (Fsp3) is 0.333. The fourth-order valence-electron chi connectivity index (χ4n) is 1.87. The van der Waals surface area contributed by atoms with Crippen molar-refractivity contribution in [3.05, 3.63) is 41.9 Å². The minimum Gasteiger partial charge on any atom is -0.494 e. The molecule has 0 aliphatic rings. The average Bonchev–Trinajstić information content (AvgIpc) is 2.52. The van der Waals surface area contributed by atoms with E-state index >= 15 is 0 Å². The second-order valence-corrected chi connectivity index (χ2v) is 4.60. The molecule has 0 saturated carbocycles. The number of aliphatic hydroxyl groups is 1. The molecule has 0 amide bonds. The molecule has 0 saturated heterocycles. The van der Waals surface area contributed by atoms with E-state index < -0.39 is 11.7 Å². The second kappa shape index (κ2) is 6.74. The number of hydrogen-bond acceptors (Lipinski definition) is 4. The highest BCUT2D eigenvalue weighted by Crippen LogP contribution is 2.38. The first kappa shape index (κ1) is 16.2. The van der Waals surface area contributed by atoms with Gasteiger partial charge in [0.1, 0.15) is 5.75 Å². The van der Waals surface area contributed by atoms with Gasteiger partial charge in [-0.15, -0.1) is 0 Å². The molecule has 0 aliphatic heterocycles. The van der Waals surface area contributed by atoms with Gasteiger partial charge in [0, 0.05) is 5.56 Å². The van der Waals surface area contributed by atoms with Gasteiger partial charge in [-0.25, -0.2) is 0 Å². The van der Waals surface area contributed by atoms with E-state index in [0.717, 1.165) is 6.07 Å². The van der Waals surface area contributed by atoms with Crippen molar-refractivity contribution < 1.29 is 23.0 Å². The molecular weight excluding hydrogens is 297 g/mol. The number of nitrogens with zero attached hydrogens (tertiary/aromatic N) is 2. The first-order valence-corrected chi connectivity index (χ1v) is 6.72. The molecule has 0 atom stereocenters. The molecule has 2 aromatic rings. The molecule has 1 aromatic carbocycles. The normalized spacial score (nSPS) is 11.5. The van der Waals surface area contributed by atoms with Crippen molar-refractivity contribution in [2.24, 2.45) is 0 Å². The van der Waals surface area contributed by atoms with Gasteiger partial charge in [0.05, 0.1) is 42.6 Å². The highest BCUT2D eigenvalue weighted by Gasteiger charge is 2.34. The molecule has 0 unspecified atom stereocenters. The molecule has 0 bridgehead atoms. The number of aliphatic hydroxyl groups excluding tert-OH is 1. The summed E-state index contributed by atoms with van der Waals surface area (Å²) in [4.78, 5) is 7.78. The zero-order valence-corrected chi connectivity index (χ0v) is 11.9. The quantitative estimate of drug-likeness (QED) is 0.919. The predicted molar refractivity (Wildman–Crippen MR) is 74.2 cm³/mol. The summed E-state index contributed by atoms with van der Waals surface area (Å²) in [6.07, 6.45) is -1.37. The fourth-order valence-corrected chi connectivity index (χ4v) is 1.87. The first-order chi connectivity index (χ1) is 10.5. The van der Waals surface area contributed by atoms with Crippen molar-refractivity contribution in [3.8, 4) is 17.0 Å². The summed E-state index contributed by atoms with van der Waals surface area (Å²) >= 11 is 0. The number of aromatic nitrogens is 2. The van der Waals surface area contributed by atoms with Crippen LogP contribution < -0.4 is 4.74 Å². The summed E-state index contributed by atoms with van der Waals surface area (Å²) in [6.45, 7) is 1.90. The van der Waals surface area contributed by atoms with Crippen molar-refractivity contribution in [2.75, 3.05) is 6.61 Å². The smallest absolute Gasteiger partial charge is 0.417 e.